The lowest BCUT2D eigenvalue weighted by molar-refractivity contribution is 0.387. The lowest BCUT2D eigenvalue weighted by Gasteiger charge is -2.00. The summed E-state index contributed by atoms with van der Waals surface area (Å²) in [6.45, 7) is 0. The molecule has 2 rings (SSSR count). The molecule has 0 atom stereocenters. The minimum absolute atomic E-state index is 0.148. The molecular formula is C9H6F2OS. The second-order valence-corrected chi connectivity index (χ2v) is 3.61. The maximum absolute atomic E-state index is 13.1. The second-order valence-electron chi connectivity index (χ2n) is 2.58. The van der Waals surface area contributed by atoms with E-state index < -0.39 is 5.82 Å². The van der Waals surface area contributed by atoms with Crippen LogP contribution < -0.4 is 4.74 Å². The Labute approximate surface area is 77.6 Å². The predicted octanol–water partition coefficient (Wildman–Crippen LogP) is 3.19. The fourth-order valence-corrected chi connectivity index (χ4v) is 1.96. The molecule has 0 aliphatic rings. The molecule has 1 aromatic heterocycles. The number of hydrogen-bond donors (Lipinski definition) is 0. The number of methoxy groups -OCH3 is 1. The maximum atomic E-state index is 13.1. The normalized spacial score (nSPS) is 10.7. The average Bonchev–Trinajstić information content (AvgIpc) is 2.42. The number of thiophene rings is 1. The molecule has 0 saturated carbocycles. The molecule has 0 aliphatic carbocycles. The standard InChI is InChI=1S/C9H6F2OS/c1-12-7-4-8-5(2-6(7)10)3-9(11)13-8/h2-4H,1H3. The van der Waals surface area contributed by atoms with E-state index >= 15 is 0 Å². The Bertz CT molecular complexity index is 450. The van der Waals surface area contributed by atoms with Crippen molar-refractivity contribution < 1.29 is 13.5 Å². The van der Waals surface area contributed by atoms with Crippen LogP contribution in [-0.2, 0) is 0 Å². The van der Waals surface area contributed by atoms with Gasteiger partial charge in [-0.25, -0.2) is 4.39 Å². The van der Waals surface area contributed by atoms with Gasteiger partial charge in [-0.15, -0.1) is 11.3 Å². The molecule has 68 valence electrons. The summed E-state index contributed by atoms with van der Waals surface area (Å²) in [5, 5.41) is 0.253. The molecule has 0 unspecified atom stereocenters. The summed E-state index contributed by atoms with van der Waals surface area (Å²) in [5.74, 6) is -0.317. The number of ether oxygens (including phenoxy) is 1. The Morgan fingerprint density at radius 3 is 2.69 bits per heavy atom. The van der Waals surface area contributed by atoms with E-state index in [1.165, 1.54) is 25.3 Å². The fraction of sp³-hybridized carbons (Fsp3) is 0.111. The molecule has 0 bridgehead atoms. The summed E-state index contributed by atoms with van der Waals surface area (Å²) >= 11 is 0.977. The summed E-state index contributed by atoms with van der Waals surface area (Å²) in [7, 11) is 1.38. The van der Waals surface area contributed by atoms with Gasteiger partial charge in [-0.1, -0.05) is 0 Å². The van der Waals surface area contributed by atoms with Crippen molar-refractivity contribution in [2.45, 2.75) is 0 Å². The topological polar surface area (TPSA) is 9.23 Å². The van der Waals surface area contributed by atoms with Crippen LogP contribution in [-0.4, -0.2) is 7.11 Å². The van der Waals surface area contributed by atoms with Crippen LogP contribution in [0.4, 0.5) is 8.78 Å². The summed E-state index contributed by atoms with van der Waals surface area (Å²) in [5.41, 5.74) is 0. The fourth-order valence-electron chi connectivity index (χ4n) is 1.16. The van der Waals surface area contributed by atoms with E-state index in [9.17, 15) is 8.78 Å². The highest BCUT2D eigenvalue weighted by atomic mass is 32.1. The minimum Gasteiger partial charge on any atom is -0.494 e. The van der Waals surface area contributed by atoms with Gasteiger partial charge in [-0.05, 0) is 17.5 Å². The SMILES string of the molecule is COc1cc2sc(F)cc2cc1F. The molecule has 1 heterocycles. The van der Waals surface area contributed by atoms with Gasteiger partial charge in [-0.2, -0.15) is 4.39 Å². The monoisotopic (exact) mass is 200 g/mol. The largest absolute Gasteiger partial charge is 0.494 e. The summed E-state index contributed by atoms with van der Waals surface area (Å²) in [4.78, 5) is 0. The first kappa shape index (κ1) is 8.44. The number of hydrogen-bond acceptors (Lipinski definition) is 2. The van der Waals surface area contributed by atoms with E-state index in [4.69, 9.17) is 4.74 Å². The first-order chi connectivity index (χ1) is 6.20. The quantitative estimate of drug-likeness (QED) is 0.687. The zero-order chi connectivity index (χ0) is 9.42. The van der Waals surface area contributed by atoms with Crippen LogP contribution in [0.15, 0.2) is 18.2 Å². The molecule has 1 nitrogen and oxygen atoms in total. The molecule has 1 aromatic carbocycles. The lowest BCUT2D eigenvalue weighted by atomic mass is 10.2. The summed E-state index contributed by atoms with van der Waals surface area (Å²) in [6, 6.07) is 4.08. The molecule has 0 N–H and O–H groups in total. The van der Waals surface area contributed by atoms with E-state index in [1.807, 2.05) is 0 Å². The zero-order valence-corrected chi connectivity index (χ0v) is 7.62. The van der Waals surface area contributed by atoms with Crippen molar-refractivity contribution >= 4 is 21.4 Å². The van der Waals surface area contributed by atoms with Crippen molar-refractivity contribution in [3.63, 3.8) is 0 Å². The Morgan fingerprint density at radius 1 is 1.23 bits per heavy atom. The molecular weight excluding hydrogens is 194 g/mol. The highest BCUT2D eigenvalue weighted by Crippen LogP contribution is 2.30. The minimum atomic E-state index is -0.465. The number of halogens is 2. The Kier molecular flexibility index (Phi) is 1.92. The summed E-state index contributed by atoms with van der Waals surface area (Å²) in [6.07, 6.45) is 0. The number of benzene rings is 1. The molecule has 4 heteroatoms. The van der Waals surface area contributed by atoms with Crippen LogP contribution >= 0.6 is 11.3 Å². The predicted molar refractivity (Wildman–Crippen MR) is 48.3 cm³/mol. The van der Waals surface area contributed by atoms with Crippen molar-refractivity contribution in [3.05, 3.63) is 29.1 Å². The van der Waals surface area contributed by atoms with Gasteiger partial charge in [0.25, 0.3) is 0 Å². The Hall–Kier alpha value is -1.16. The van der Waals surface area contributed by atoms with Crippen molar-refractivity contribution in [1.82, 2.24) is 0 Å². The van der Waals surface area contributed by atoms with Crippen LogP contribution in [0.25, 0.3) is 10.1 Å². The Balaban J connectivity index is 2.72. The molecule has 13 heavy (non-hydrogen) atoms. The van der Waals surface area contributed by atoms with Crippen molar-refractivity contribution in [2.24, 2.45) is 0 Å². The molecule has 0 radical (unpaired) electrons. The second kappa shape index (κ2) is 2.96. The van der Waals surface area contributed by atoms with E-state index in [0.717, 1.165) is 11.3 Å². The number of rotatable bonds is 1. The van der Waals surface area contributed by atoms with Gasteiger partial charge in [0.15, 0.2) is 16.7 Å². The molecule has 0 fully saturated rings. The molecule has 2 aromatic rings. The zero-order valence-electron chi connectivity index (χ0n) is 6.80. The van der Waals surface area contributed by atoms with E-state index in [-0.39, 0.29) is 10.9 Å². The summed E-state index contributed by atoms with van der Waals surface area (Å²) < 4.78 is 31.3. The van der Waals surface area contributed by atoms with Gasteiger partial charge in [0.1, 0.15) is 0 Å². The van der Waals surface area contributed by atoms with Crippen molar-refractivity contribution in [1.29, 1.82) is 0 Å². The lowest BCUT2D eigenvalue weighted by Crippen LogP contribution is -1.86. The Morgan fingerprint density at radius 2 is 2.00 bits per heavy atom. The van der Waals surface area contributed by atoms with E-state index in [0.29, 0.717) is 10.1 Å². The van der Waals surface area contributed by atoms with Crippen LogP contribution in [0.1, 0.15) is 0 Å². The third-order valence-corrected chi connectivity index (χ3v) is 2.65. The first-order valence-electron chi connectivity index (χ1n) is 3.63. The van der Waals surface area contributed by atoms with Gasteiger partial charge in [-0.3, -0.25) is 0 Å². The van der Waals surface area contributed by atoms with Crippen LogP contribution in [0.5, 0.6) is 5.75 Å². The van der Waals surface area contributed by atoms with Crippen molar-refractivity contribution in [2.75, 3.05) is 7.11 Å². The van der Waals surface area contributed by atoms with Crippen LogP contribution in [0, 0.1) is 10.9 Å². The molecule has 0 aliphatic heterocycles. The van der Waals surface area contributed by atoms with Gasteiger partial charge >= 0.3 is 0 Å². The van der Waals surface area contributed by atoms with Gasteiger partial charge in [0.05, 0.1) is 7.11 Å². The van der Waals surface area contributed by atoms with E-state index in [1.54, 1.807) is 0 Å². The highest BCUT2D eigenvalue weighted by molar-refractivity contribution is 7.17. The average molecular weight is 200 g/mol. The van der Waals surface area contributed by atoms with Gasteiger partial charge in [0, 0.05) is 10.8 Å². The van der Waals surface area contributed by atoms with Crippen LogP contribution in [0.2, 0.25) is 0 Å². The molecule has 0 amide bonds. The van der Waals surface area contributed by atoms with Gasteiger partial charge in [0.2, 0.25) is 0 Å². The maximum Gasteiger partial charge on any atom is 0.177 e. The van der Waals surface area contributed by atoms with E-state index in [2.05, 4.69) is 0 Å². The van der Waals surface area contributed by atoms with Gasteiger partial charge < -0.3 is 4.74 Å². The number of fused-ring (bicyclic) bond motifs is 1. The smallest absolute Gasteiger partial charge is 0.177 e. The van der Waals surface area contributed by atoms with Crippen molar-refractivity contribution in [3.8, 4) is 5.75 Å². The first-order valence-corrected chi connectivity index (χ1v) is 4.45. The molecule has 0 spiro atoms. The third kappa shape index (κ3) is 1.37. The molecule has 0 saturated heterocycles. The highest BCUT2D eigenvalue weighted by Gasteiger charge is 2.07. The van der Waals surface area contributed by atoms with Crippen LogP contribution in [0.3, 0.4) is 0 Å². The third-order valence-electron chi connectivity index (χ3n) is 1.76.